The van der Waals surface area contributed by atoms with Crippen LogP contribution in [0.15, 0.2) is 0 Å². The lowest BCUT2D eigenvalue weighted by molar-refractivity contribution is -0.150. The molecule has 0 aromatic heterocycles. The van der Waals surface area contributed by atoms with Gasteiger partial charge >= 0.3 is 5.97 Å². The van der Waals surface area contributed by atoms with E-state index < -0.39 is 17.8 Å². The van der Waals surface area contributed by atoms with Gasteiger partial charge in [0.1, 0.15) is 0 Å². The Labute approximate surface area is 110 Å². The lowest BCUT2D eigenvalue weighted by Gasteiger charge is -2.33. The Balaban J connectivity index is 4.75. The van der Waals surface area contributed by atoms with Crippen molar-refractivity contribution < 1.29 is 14.7 Å². The minimum Gasteiger partial charge on any atom is -0.481 e. The predicted octanol–water partition coefficient (Wildman–Crippen LogP) is 1.14. The fraction of sp³-hybridized carbons (Fsp3) is 0.846. The number of carboxylic acid groups (broad SMARTS) is 1. The zero-order chi connectivity index (χ0) is 14.5. The van der Waals surface area contributed by atoms with Crippen LogP contribution in [0.1, 0.15) is 27.7 Å². The van der Waals surface area contributed by atoms with Gasteiger partial charge in [-0.25, -0.2) is 0 Å². The number of amides is 1. The highest BCUT2D eigenvalue weighted by atomic mass is 16.4. The van der Waals surface area contributed by atoms with Crippen LogP contribution in [0, 0.1) is 11.8 Å². The maximum absolute atomic E-state index is 12.3. The molecule has 0 aliphatic carbocycles. The van der Waals surface area contributed by atoms with E-state index in [4.69, 9.17) is 5.11 Å². The molecular weight excluding hydrogens is 232 g/mol. The Bertz CT molecular complexity index is 292. The zero-order valence-corrected chi connectivity index (χ0v) is 12.3. The quantitative estimate of drug-likeness (QED) is 0.744. The highest BCUT2D eigenvalue weighted by molar-refractivity contribution is 5.84. The monoisotopic (exact) mass is 258 g/mol. The number of carbonyl (C=O) groups excluding carboxylic acids is 1. The van der Waals surface area contributed by atoms with E-state index >= 15 is 0 Å². The summed E-state index contributed by atoms with van der Waals surface area (Å²) in [6, 6.07) is 0.0842. The van der Waals surface area contributed by atoms with Gasteiger partial charge in [0.25, 0.3) is 0 Å². The molecule has 0 fully saturated rings. The summed E-state index contributed by atoms with van der Waals surface area (Å²) >= 11 is 0. The largest absolute Gasteiger partial charge is 0.481 e. The summed E-state index contributed by atoms with van der Waals surface area (Å²) in [6.45, 7) is 8.54. The summed E-state index contributed by atoms with van der Waals surface area (Å²) in [4.78, 5) is 27.0. The summed E-state index contributed by atoms with van der Waals surface area (Å²) in [5.41, 5.74) is 0. The van der Waals surface area contributed by atoms with E-state index in [-0.39, 0.29) is 11.9 Å². The molecule has 3 atom stereocenters. The zero-order valence-electron chi connectivity index (χ0n) is 12.3. The van der Waals surface area contributed by atoms with Gasteiger partial charge in [-0.2, -0.15) is 0 Å². The Kier molecular flexibility index (Phi) is 6.91. The van der Waals surface area contributed by atoms with Crippen LogP contribution in [0.5, 0.6) is 0 Å². The molecule has 0 aromatic rings. The maximum Gasteiger partial charge on any atom is 0.307 e. The molecule has 0 spiro atoms. The summed E-state index contributed by atoms with van der Waals surface area (Å²) < 4.78 is 0. The predicted molar refractivity (Wildman–Crippen MR) is 71.4 cm³/mol. The first-order valence-corrected chi connectivity index (χ1v) is 6.40. The third-order valence-corrected chi connectivity index (χ3v) is 3.31. The summed E-state index contributed by atoms with van der Waals surface area (Å²) in [5, 5.41) is 8.96. The van der Waals surface area contributed by atoms with Crippen LogP contribution in [-0.2, 0) is 9.59 Å². The molecule has 0 bridgehead atoms. The molecule has 1 N–H and O–H groups in total. The smallest absolute Gasteiger partial charge is 0.307 e. The fourth-order valence-electron chi connectivity index (χ4n) is 2.00. The first kappa shape index (κ1) is 16.9. The van der Waals surface area contributed by atoms with E-state index in [1.165, 1.54) is 0 Å². The molecule has 5 heteroatoms. The average molecular weight is 258 g/mol. The first-order chi connectivity index (χ1) is 8.22. The molecule has 0 aliphatic rings. The van der Waals surface area contributed by atoms with Crippen molar-refractivity contribution in [1.82, 2.24) is 9.80 Å². The second-order valence-corrected chi connectivity index (χ2v) is 5.15. The van der Waals surface area contributed by atoms with Crippen LogP contribution in [0.4, 0.5) is 0 Å². The number of likely N-dealkylation sites (N-methyl/N-ethyl adjacent to an activating group) is 2. The van der Waals surface area contributed by atoms with E-state index in [2.05, 4.69) is 0 Å². The Morgan fingerprint density at radius 2 is 1.61 bits per heavy atom. The van der Waals surface area contributed by atoms with Crippen molar-refractivity contribution >= 4 is 11.9 Å². The number of carbonyl (C=O) groups is 2. The molecule has 106 valence electrons. The van der Waals surface area contributed by atoms with E-state index in [1.807, 2.05) is 32.8 Å². The van der Waals surface area contributed by atoms with Gasteiger partial charge < -0.3 is 14.9 Å². The molecule has 0 heterocycles. The van der Waals surface area contributed by atoms with Crippen molar-refractivity contribution in [3.63, 3.8) is 0 Å². The van der Waals surface area contributed by atoms with E-state index in [1.54, 1.807) is 18.7 Å². The molecule has 0 rings (SSSR count). The molecule has 0 radical (unpaired) electrons. The maximum atomic E-state index is 12.3. The van der Waals surface area contributed by atoms with Crippen molar-refractivity contribution in [2.45, 2.75) is 33.7 Å². The lowest BCUT2D eigenvalue weighted by atomic mass is 9.94. The molecule has 3 unspecified atom stereocenters. The van der Waals surface area contributed by atoms with E-state index in [9.17, 15) is 9.59 Å². The van der Waals surface area contributed by atoms with Gasteiger partial charge in [0, 0.05) is 25.0 Å². The molecule has 0 aromatic carbocycles. The molecule has 0 saturated carbocycles. The molecule has 5 nitrogen and oxygen atoms in total. The summed E-state index contributed by atoms with van der Waals surface area (Å²) in [6.07, 6.45) is 0. The van der Waals surface area contributed by atoms with Crippen LogP contribution in [0.2, 0.25) is 0 Å². The Hall–Kier alpha value is -1.10. The second kappa shape index (κ2) is 7.36. The van der Waals surface area contributed by atoms with Gasteiger partial charge in [-0.1, -0.05) is 13.8 Å². The van der Waals surface area contributed by atoms with Crippen LogP contribution in [0.25, 0.3) is 0 Å². The Morgan fingerprint density at radius 3 is 1.94 bits per heavy atom. The third kappa shape index (κ3) is 4.64. The van der Waals surface area contributed by atoms with Crippen molar-refractivity contribution in [2.24, 2.45) is 11.8 Å². The number of aliphatic carboxylic acids is 1. The second-order valence-electron chi connectivity index (χ2n) is 5.15. The highest BCUT2D eigenvalue weighted by Crippen LogP contribution is 2.16. The van der Waals surface area contributed by atoms with Gasteiger partial charge in [-0.15, -0.1) is 0 Å². The Morgan fingerprint density at radius 1 is 1.11 bits per heavy atom. The fourth-order valence-corrected chi connectivity index (χ4v) is 2.00. The minimum atomic E-state index is -0.924. The van der Waals surface area contributed by atoms with Crippen molar-refractivity contribution in [3.8, 4) is 0 Å². The minimum absolute atomic E-state index is 0.0817. The van der Waals surface area contributed by atoms with Gasteiger partial charge in [0.05, 0.1) is 5.92 Å². The van der Waals surface area contributed by atoms with Crippen LogP contribution in [0.3, 0.4) is 0 Å². The van der Waals surface area contributed by atoms with Crippen molar-refractivity contribution in [2.75, 3.05) is 27.2 Å². The van der Waals surface area contributed by atoms with Crippen molar-refractivity contribution in [1.29, 1.82) is 0 Å². The number of hydrogen-bond donors (Lipinski definition) is 1. The molecule has 18 heavy (non-hydrogen) atoms. The lowest BCUT2D eigenvalue weighted by Crippen LogP contribution is -2.47. The van der Waals surface area contributed by atoms with E-state index in [0.29, 0.717) is 6.54 Å². The van der Waals surface area contributed by atoms with Crippen LogP contribution in [-0.4, -0.2) is 60.0 Å². The number of hydrogen-bond acceptors (Lipinski definition) is 3. The molecular formula is C13H26N2O3. The summed E-state index contributed by atoms with van der Waals surface area (Å²) in [7, 11) is 3.91. The van der Waals surface area contributed by atoms with Gasteiger partial charge in [-0.05, 0) is 27.9 Å². The van der Waals surface area contributed by atoms with Gasteiger partial charge in [0.2, 0.25) is 5.91 Å². The van der Waals surface area contributed by atoms with Crippen LogP contribution >= 0.6 is 0 Å². The van der Waals surface area contributed by atoms with Crippen LogP contribution < -0.4 is 0 Å². The summed E-state index contributed by atoms with van der Waals surface area (Å²) in [5.74, 6) is -2.15. The molecule has 1 amide bonds. The van der Waals surface area contributed by atoms with Crippen molar-refractivity contribution in [3.05, 3.63) is 0 Å². The average Bonchev–Trinajstić information content (AvgIpc) is 2.26. The van der Waals surface area contributed by atoms with E-state index in [0.717, 1.165) is 6.54 Å². The topological polar surface area (TPSA) is 60.9 Å². The first-order valence-electron chi connectivity index (χ1n) is 6.40. The number of nitrogens with zero attached hydrogens (tertiary/aromatic N) is 2. The SMILES string of the molecule is CCN(C(=O)C(C)C(C)C(=O)O)C(C)CN(C)C. The standard InChI is InChI=1S/C13H26N2O3/c1-7-15(9(2)8-14(5)6)12(16)10(3)11(4)13(17)18/h9-11H,7-8H2,1-6H3,(H,17,18). The number of rotatable bonds is 7. The van der Waals surface area contributed by atoms with Gasteiger partial charge in [0.15, 0.2) is 0 Å². The molecule has 0 aliphatic heterocycles. The normalized spacial score (nSPS) is 16.2. The third-order valence-electron chi connectivity index (χ3n) is 3.31. The number of carboxylic acids is 1. The highest BCUT2D eigenvalue weighted by Gasteiger charge is 2.30. The molecule has 0 saturated heterocycles. The van der Waals surface area contributed by atoms with Gasteiger partial charge in [-0.3, -0.25) is 9.59 Å².